The number of carboxylic acid groups (broad SMARTS) is 1. The number of piperidine rings is 1. The van der Waals surface area contributed by atoms with Gasteiger partial charge in [-0.05, 0) is 38.0 Å². The molecule has 0 aromatic carbocycles. The van der Waals surface area contributed by atoms with Gasteiger partial charge in [0.05, 0.1) is 23.0 Å². The molecular weight excluding hydrogens is 475 g/mol. The van der Waals surface area contributed by atoms with Crippen molar-refractivity contribution in [3.63, 3.8) is 0 Å². The third kappa shape index (κ3) is 3.22. The number of hydrogen-bond acceptors (Lipinski definition) is 7. The molecule has 0 spiro atoms. The average molecular weight is 501 g/mol. The highest BCUT2D eigenvalue weighted by molar-refractivity contribution is 6.30. The summed E-state index contributed by atoms with van der Waals surface area (Å²) >= 11 is 5.99. The van der Waals surface area contributed by atoms with Crippen molar-refractivity contribution in [3.05, 3.63) is 29.3 Å². The maximum Gasteiger partial charge on any atom is 0.407 e. The number of fused-ring (bicyclic) bond motifs is 6. The van der Waals surface area contributed by atoms with Gasteiger partial charge in [-0.3, -0.25) is 9.80 Å². The molecule has 6 heterocycles. The van der Waals surface area contributed by atoms with Crippen molar-refractivity contribution >= 4 is 34.4 Å². The van der Waals surface area contributed by atoms with E-state index >= 15 is 4.39 Å². The average Bonchev–Trinajstić information content (AvgIpc) is 3.29. The summed E-state index contributed by atoms with van der Waals surface area (Å²) in [7, 11) is 0. The molecule has 4 aliphatic heterocycles. The van der Waals surface area contributed by atoms with E-state index in [1.807, 2.05) is 4.90 Å². The van der Waals surface area contributed by atoms with E-state index < -0.39 is 11.9 Å². The Bertz CT molecular complexity index is 1260. The molecule has 1 N–H and O–H groups in total. The van der Waals surface area contributed by atoms with Gasteiger partial charge in [0.1, 0.15) is 17.9 Å². The molecular formula is C24H26ClFN6O3. The van der Waals surface area contributed by atoms with Crippen LogP contribution in [0.2, 0.25) is 5.15 Å². The predicted molar refractivity (Wildman–Crippen MR) is 126 cm³/mol. The summed E-state index contributed by atoms with van der Waals surface area (Å²) in [5.41, 5.74) is 1.19. The summed E-state index contributed by atoms with van der Waals surface area (Å²) < 4.78 is 21.3. The van der Waals surface area contributed by atoms with E-state index in [2.05, 4.69) is 21.4 Å². The van der Waals surface area contributed by atoms with Crippen LogP contribution in [0.15, 0.2) is 18.3 Å². The molecule has 2 aromatic heterocycles. The lowest BCUT2D eigenvalue weighted by atomic mass is 9.92. The third-order valence-electron chi connectivity index (χ3n) is 8.58. The zero-order valence-corrected chi connectivity index (χ0v) is 19.9. The molecule has 35 heavy (non-hydrogen) atoms. The number of hydrogen-bond donors (Lipinski definition) is 1. The van der Waals surface area contributed by atoms with Gasteiger partial charge in [-0.15, -0.1) is 0 Å². The van der Waals surface area contributed by atoms with Gasteiger partial charge < -0.3 is 14.7 Å². The molecule has 5 aliphatic rings. The monoisotopic (exact) mass is 500 g/mol. The minimum atomic E-state index is -0.898. The fourth-order valence-electron chi connectivity index (χ4n) is 7.10. The van der Waals surface area contributed by atoms with Crippen LogP contribution < -0.4 is 9.64 Å². The van der Waals surface area contributed by atoms with E-state index in [4.69, 9.17) is 21.3 Å². The maximum absolute atomic E-state index is 15.1. The first-order valence-electron chi connectivity index (χ1n) is 12.2. The van der Waals surface area contributed by atoms with E-state index in [1.165, 1.54) is 18.2 Å². The summed E-state index contributed by atoms with van der Waals surface area (Å²) in [5, 5.41) is 9.81. The Labute approximate surface area is 206 Å². The highest BCUT2D eigenvalue weighted by atomic mass is 35.5. The molecule has 2 bridgehead atoms. The number of nitrogens with zero attached hydrogens (tertiary/aromatic N) is 6. The van der Waals surface area contributed by atoms with Crippen molar-refractivity contribution in [2.45, 2.75) is 55.8 Å². The largest absolute Gasteiger partial charge is 0.465 e. The molecule has 1 unspecified atom stereocenters. The Hall–Kier alpha value is -2.72. The fourth-order valence-corrected chi connectivity index (χ4v) is 7.23. The SMILES string of the molecule is C=C1CN2[C@@H]3C[C@@H]3CC2(COc2nc(N3C[C@H]4CC[C@@H](C3)N4C(=O)O)c3cnc(Cl)c(F)c3n2)C1. The number of halogens is 2. The fraction of sp³-hybridized carbons (Fsp3) is 0.583. The molecule has 0 radical (unpaired) electrons. The number of rotatable bonds is 4. The lowest BCUT2D eigenvalue weighted by Crippen LogP contribution is -2.55. The van der Waals surface area contributed by atoms with Gasteiger partial charge in [0.2, 0.25) is 0 Å². The van der Waals surface area contributed by atoms with E-state index in [9.17, 15) is 9.90 Å². The van der Waals surface area contributed by atoms with Crippen molar-refractivity contribution in [2.75, 3.05) is 31.1 Å². The van der Waals surface area contributed by atoms with Crippen LogP contribution in [0.25, 0.3) is 10.9 Å². The quantitative estimate of drug-likeness (QED) is 0.504. The molecule has 2 aromatic rings. The molecule has 5 atom stereocenters. The maximum atomic E-state index is 15.1. The van der Waals surface area contributed by atoms with Gasteiger partial charge in [0, 0.05) is 31.9 Å². The van der Waals surface area contributed by atoms with Crippen molar-refractivity contribution in [1.82, 2.24) is 24.8 Å². The highest BCUT2D eigenvalue weighted by Gasteiger charge is 2.62. The van der Waals surface area contributed by atoms with Crippen molar-refractivity contribution in [2.24, 2.45) is 5.92 Å². The first-order valence-corrected chi connectivity index (χ1v) is 12.5. The van der Waals surface area contributed by atoms with Crippen molar-refractivity contribution < 1.29 is 19.0 Å². The van der Waals surface area contributed by atoms with Crippen LogP contribution in [0, 0.1) is 11.7 Å². The number of ether oxygens (including phenoxy) is 1. The second-order valence-electron chi connectivity index (χ2n) is 10.8. The highest BCUT2D eigenvalue weighted by Crippen LogP contribution is 2.57. The molecule has 1 aliphatic carbocycles. The Kier molecular flexibility index (Phi) is 4.55. The van der Waals surface area contributed by atoms with Gasteiger partial charge in [0.15, 0.2) is 11.0 Å². The molecule has 5 fully saturated rings. The number of amides is 1. The number of carbonyl (C=O) groups is 1. The molecule has 184 valence electrons. The first-order chi connectivity index (χ1) is 16.8. The Morgan fingerprint density at radius 2 is 2.09 bits per heavy atom. The topological polar surface area (TPSA) is 94.9 Å². The molecule has 11 heteroatoms. The van der Waals surface area contributed by atoms with Gasteiger partial charge in [-0.1, -0.05) is 23.8 Å². The van der Waals surface area contributed by atoms with Gasteiger partial charge in [0.25, 0.3) is 0 Å². The summed E-state index contributed by atoms with van der Waals surface area (Å²) in [6.07, 6.45) is 5.38. The summed E-state index contributed by atoms with van der Waals surface area (Å²) in [6.45, 7) is 6.48. The van der Waals surface area contributed by atoms with Crippen LogP contribution in [0.1, 0.15) is 32.1 Å². The van der Waals surface area contributed by atoms with E-state index in [0.29, 0.717) is 36.9 Å². The van der Waals surface area contributed by atoms with Gasteiger partial charge in [-0.25, -0.2) is 14.2 Å². The Morgan fingerprint density at radius 1 is 1.31 bits per heavy atom. The number of aromatic nitrogens is 3. The Balaban J connectivity index is 1.23. The summed E-state index contributed by atoms with van der Waals surface area (Å²) in [6, 6.07) is 0.462. The standard InChI is InChI=1S/C24H26ClFN6O3/c1-12-5-24(6-13-4-17(13)31(24)8-12)11-35-22-28-19-16(7-27-20(25)18(19)26)21(29-22)30-9-14-2-3-15(10-30)32(14)23(33)34/h7,13-15,17H,1-6,8-11H2,(H,33,34)/t13-,14-,15+,17-,24?/m1/s1. The van der Waals surface area contributed by atoms with E-state index in [-0.39, 0.29) is 34.3 Å². The lowest BCUT2D eigenvalue weighted by molar-refractivity contribution is 0.0866. The van der Waals surface area contributed by atoms with Crippen LogP contribution in [-0.4, -0.2) is 85.9 Å². The van der Waals surface area contributed by atoms with Crippen LogP contribution in [0.5, 0.6) is 6.01 Å². The van der Waals surface area contributed by atoms with Crippen LogP contribution >= 0.6 is 11.6 Å². The summed E-state index contributed by atoms with van der Waals surface area (Å²) in [4.78, 5) is 30.9. The number of piperazine rings is 1. The first kappa shape index (κ1) is 21.6. The zero-order chi connectivity index (χ0) is 24.1. The van der Waals surface area contributed by atoms with Crippen molar-refractivity contribution in [1.29, 1.82) is 0 Å². The van der Waals surface area contributed by atoms with Crippen molar-refractivity contribution in [3.8, 4) is 6.01 Å². The van der Waals surface area contributed by atoms with Gasteiger partial charge >= 0.3 is 12.1 Å². The second-order valence-corrected chi connectivity index (χ2v) is 11.1. The second kappa shape index (κ2) is 7.39. The third-order valence-corrected chi connectivity index (χ3v) is 8.85. The minimum absolute atomic E-state index is 0.0671. The molecule has 1 saturated carbocycles. The molecule has 1 amide bonds. The van der Waals surface area contributed by atoms with Gasteiger partial charge in [-0.2, -0.15) is 9.97 Å². The molecule has 4 saturated heterocycles. The summed E-state index contributed by atoms with van der Waals surface area (Å²) in [5.74, 6) is 0.526. The van der Waals surface area contributed by atoms with E-state index in [1.54, 1.807) is 4.90 Å². The zero-order valence-electron chi connectivity index (χ0n) is 19.2. The van der Waals surface area contributed by atoms with Crippen LogP contribution in [0.4, 0.5) is 15.0 Å². The van der Waals surface area contributed by atoms with E-state index in [0.717, 1.165) is 38.1 Å². The number of pyridine rings is 1. The minimum Gasteiger partial charge on any atom is -0.465 e. The lowest BCUT2D eigenvalue weighted by Gasteiger charge is -2.40. The predicted octanol–water partition coefficient (Wildman–Crippen LogP) is 3.32. The number of anilines is 1. The Morgan fingerprint density at radius 3 is 2.83 bits per heavy atom. The van der Waals surface area contributed by atoms with Crippen LogP contribution in [0.3, 0.4) is 0 Å². The smallest absolute Gasteiger partial charge is 0.407 e. The normalized spacial score (nSPS) is 33.4. The molecule has 7 rings (SSSR count). The molecule has 9 nitrogen and oxygen atoms in total. The van der Waals surface area contributed by atoms with Crippen LogP contribution in [-0.2, 0) is 0 Å².